The maximum atomic E-state index is 6.12. The Kier molecular flexibility index (Phi) is 7.25. The van der Waals surface area contributed by atoms with Crippen molar-refractivity contribution >= 4 is 23.5 Å². The van der Waals surface area contributed by atoms with Crippen molar-refractivity contribution in [2.75, 3.05) is 10.6 Å². The lowest BCUT2D eigenvalue weighted by Gasteiger charge is -2.18. The lowest BCUT2D eigenvalue weighted by Crippen LogP contribution is -2.21. The van der Waals surface area contributed by atoms with E-state index in [0.29, 0.717) is 17.9 Å². The SMILES string of the molecule is Clc1nc(NC2=CC=CC=CC=C2)nc(NC2CCCCCCCC2)n1. The van der Waals surface area contributed by atoms with Gasteiger partial charge in [0.25, 0.3) is 0 Å². The molecule has 0 amide bonds. The third kappa shape index (κ3) is 6.30. The van der Waals surface area contributed by atoms with Gasteiger partial charge in [-0.2, -0.15) is 15.0 Å². The summed E-state index contributed by atoms with van der Waals surface area (Å²) < 4.78 is 0. The van der Waals surface area contributed by atoms with Gasteiger partial charge in [-0.25, -0.2) is 0 Å². The molecule has 1 aromatic heterocycles. The molecule has 26 heavy (non-hydrogen) atoms. The van der Waals surface area contributed by atoms with E-state index in [9.17, 15) is 0 Å². The van der Waals surface area contributed by atoms with Crippen LogP contribution in [0.1, 0.15) is 51.4 Å². The molecule has 0 saturated heterocycles. The lowest BCUT2D eigenvalue weighted by molar-refractivity contribution is 0.559. The molecule has 0 spiro atoms. The van der Waals surface area contributed by atoms with Gasteiger partial charge in [0, 0.05) is 11.7 Å². The summed E-state index contributed by atoms with van der Waals surface area (Å²) in [6.45, 7) is 0. The number of rotatable bonds is 4. The number of hydrogen-bond donors (Lipinski definition) is 2. The molecule has 2 aliphatic carbocycles. The molecule has 5 nitrogen and oxygen atoms in total. The fourth-order valence-electron chi connectivity index (χ4n) is 3.21. The predicted octanol–water partition coefficient (Wildman–Crippen LogP) is 5.42. The Morgan fingerprint density at radius 1 is 0.769 bits per heavy atom. The van der Waals surface area contributed by atoms with E-state index in [2.05, 4.69) is 25.6 Å². The molecule has 2 N–H and O–H groups in total. The quantitative estimate of drug-likeness (QED) is 0.740. The molecule has 1 saturated carbocycles. The van der Waals surface area contributed by atoms with E-state index in [1.165, 1.54) is 38.5 Å². The van der Waals surface area contributed by atoms with Crippen LogP contribution in [-0.2, 0) is 0 Å². The van der Waals surface area contributed by atoms with Crippen molar-refractivity contribution in [2.24, 2.45) is 0 Å². The Morgan fingerprint density at radius 3 is 2.23 bits per heavy atom. The van der Waals surface area contributed by atoms with E-state index in [-0.39, 0.29) is 5.28 Å². The van der Waals surface area contributed by atoms with E-state index in [1.807, 2.05) is 42.5 Å². The number of allylic oxidation sites excluding steroid dienone is 7. The fraction of sp³-hybridized carbons (Fsp3) is 0.450. The second-order valence-corrected chi connectivity index (χ2v) is 7.01. The van der Waals surface area contributed by atoms with Crippen LogP contribution in [0.15, 0.2) is 48.2 Å². The molecular formula is C20H26ClN5. The first-order chi connectivity index (χ1) is 12.8. The van der Waals surface area contributed by atoms with Crippen LogP contribution in [0, 0.1) is 0 Å². The average molecular weight is 372 g/mol. The molecule has 2 aliphatic rings. The maximum absolute atomic E-state index is 6.12. The summed E-state index contributed by atoms with van der Waals surface area (Å²) in [5.41, 5.74) is 0.890. The minimum absolute atomic E-state index is 0.193. The van der Waals surface area contributed by atoms with Gasteiger partial charge in [-0.05, 0) is 36.6 Å². The highest BCUT2D eigenvalue weighted by Crippen LogP contribution is 2.20. The predicted molar refractivity (Wildman–Crippen MR) is 108 cm³/mol. The monoisotopic (exact) mass is 371 g/mol. The van der Waals surface area contributed by atoms with Crippen molar-refractivity contribution in [3.05, 3.63) is 53.5 Å². The summed E-state index contributed by atoms with van der Waals surface area (Å²) in [4.78, 5) is 13.0. The molecule has 0 atom stereocenters. The first-order valence-electron chi connectivity index (χ1n) is 9.46. The zero-order chi connectivity index (χ0) is 18.0. The average Bonchev–Trinajstić information content (AvgIpc) is 2.71. The summed E-state index contributed by atoms with van der Waals surface area (Å²) in [6.07, 6.45) is 23.9. The molecule has 3 rings (SSSR count). The zero-order valence-electron chi connectivity index (χ0n) is 15.0. The summed E-state index contributed by atoms with van der Waals surface area (Å²) in [5, 5.41) is 6.86. The number of aromatic nitrogens is 3. The van der Waals surface area contributed by atoms with E-state index in [0.717, 1.165) is 18.5 Å². The van der Waals surface area contributed by atoms with Gasteiger partial charge in [0.05, 0.1) is 0 Å². The second kappa shape index (κ2) is 10.1. The number of nitrogens with one attached hydrogen (secondary N) is 2. The number of anilines is 2. The van der Waals surface area contributed by atoms with Crippen molar-refractivity contribution in [2.45, 2.75) is 57.4 Å². The van der Waals surface area contributed by atoms with Crippen LogP contribution in [-0.4, -0.2) is 21.0 Å². The standard InChI is InChI=1S/C20H26ClN5/c21-18-24-19(22-16-12-8-4-1-2-5-9-13-16)26-20(25-18)23-17-14-10-6-3-7-11-15-17/h3,6-7,10-11,14-16H,1-2,4-5,8-9,12-13H2,(H2,22,23,24,25,26). The minimum atomic E-state index is 0.193. The van der Waals surface area contributed by atoms with Crippen molar-refractivity contribution in [3.63, 3.8) is 0 Å². The van der Waals surface area contributed by atoms with Crippen LogP contribution in [0.5, 0.6) is 0 Å². The van der Waals surface area contributed by atoms with Gasteiger partial charge in [0.2, 0.25) is 17.2 Å². The smallest absolute Gasteiger partial charge is 0.233 e. The van der Waals surface area contributed by atoms with Crippen LogP contribution in [0.2, 0.25) is 5.28 Å². The fourth-order valence-corrected chi connectivity index (χ4v) is 3.37. The highest BCUT2D eigenvalue weighted by Gasteiger charge is 2.13. The number of nitrogens with zero attached hydrogens (tertiary/aromatic N) is 3. The first-order valence-corrected chi connectivity index (χ1v) is 9.84. The Bertz CT molecular complexity index is 698. The second-order valence-electron chi connectivity index (χ2n) is 6.67. The van der Waals surface area contributed by atoms with Crippen LogP contribution in [0.25, 0.3) is 0 Å². The largest absolute Gasteiger partial charge is 0.351 e. The molecule has 0 bridgehead atoms. The van der Waals surface area contributed by atoms with Crippen molar-refractivity contribution in [1.82, 2.24) is 15.0 Å². The highest BCUT2D eigenvalue weighted by molar-refractivity contribution is 6.28. The third-order valence-corrected chi connectivity index (χ3v) is 4.72. The van der Waals surface area contributed by atoms with Gasteiger partial charge in [0.1, 0.15) is 0 Å². The normalized spacial score (nSPS) is 18.9. The molecule has 1 aromatic rings. The van der Waals surface area contributed by atoms with Crippen molar-refractivity contribution in [1.29, 1.82) is 0 Å². The van der Waals surface area contributed by atoms with Crippen molar-refractivity contribution < 1.29 is 0 Å². The molecule has 0 aliphatic heterocycles. The topological polar surface area (TPSA) is 62.7 Å². The first kappa shape index (κ1) is 18.6. The summed E-state index contributed by atoms with van der Waals surface area (Å²) in [6, 6.07) is 0.396. The van der Waals surface area contributed by atoms with Gasteiger partial charge < -0.3 is 10.6 Å². The van der Waals surface area contributed by atoms with Crippen LogP contribution < -0.4 is 10.6 Å². The molecule has 0 unspecified atom stereocenters. The molecule has 6 heteroatoms. The van der Waals surface area contributed by atoms with E-state index < -0.39 is 0 Å². The van der Waals surface area contributed by atoms with Gasteiger partial charge >= 0.3 is 0 Å². The molecule has 1 fully saturated rings. The third-order valence-electron chi connectivity index (χ3n) is 4.55. The summed E-state index contributed by atoms with van der Waals surface area (Å²) >= 11 is 6.12. The summed E-state index contributed by atoms with van der Waals surface area (Å²) in [7, 11) is 0. The maximum Gasteiger partial charge on any atom is 0.233 e. The van der Waals surface area contributed by atoms with Gasteiger partial charge in [-0.15, -0.1) is 0 Å². The van der Waals surface area contributed by atoms with Gasteiger partial charge in [0.15, 0.2) is 0 Å². The molecule has 0 radical (unpaired) electrons. The lowest BCUT2D eigenvalue weighted by atomic mass is 10.1. The Labute approximate surface area is 160 Å². The molecule has 1 heterocycles. The van der Waals surface area contributed by atoms with Crippen LogP contribution in [0.4, 0.5) is 11.9 Å². The Balaban J connectivity index is 1.68. The number of hydrogen-bond acceptors (Lipinski definition) is 5. The van der Waals surface area contributed by atoms with E-state index in [4.69, 9.17) is 11.6 Å². The Morgan fingerprint density at radius 2 is 1.42 bits per heavy atom. The number of halogens is 1. The van der Waals surface area contributed by atoms with Crippen molar-refractivity contribution in [3.8, 4) is 0 Å². The van der Waals surface area contributed by atoms with E-state index >= 15 is 0 Å². The van der Waals surface area contributed by atoms with Crippen LogP contribution in [0.3, 0.4) is 0 Å². The summed E-state index contributed by atoms with van der Waals surface area (Å²) in [5.74, 6) is 0.993. The highest BCUT2D eigenvalue weighted by atomic mass is 35.5. The van der Waals surface area contributed by atoms with Gasteiger partial charge in [-0.1, -0.05) is 68.9 Å². The van der Waals surface area contributed by atoms with Gasteiger partial charge in [-0.3, -0.25) is 0 Å². The Hall–Kier alpha value is -2.14. The van der Waals surface area contributed by atoms with Crippen LogP contribution >= 0.6 is 11.6 Å². The molecule has 138 valence electrons. The van der Waals surface area contributed by atoms with E-state index in [1.54, 1.807) is 0 Å². The zero-order valence-corrected chi connectivity index (χ0v) is 15.8. The molecule has 0 aromatic carbocycles. The molecular weight excluding hydrogens is 346 g/mol. The minimum Gasteiger partial charge on any atom is -0.351 e.